The Bertz CT molecular complexity index is 354. The average Bonchev–Trinajstić information content (AvgIpc) is 2.64. The first-order valence-electron chi connectivity index (χ1n) is 6.43. The summed E-state index contributed by atoms with van der Waals surface area (Å²) in [6, 6.07) is 8.25. The van der Waals surface area contributed by atoms with Crippen molar-refractivity contribution in [2.75, 3.05) is 31.6 Å². The van der Waals surface area contributed by atoms with E-state index < -0.39 is 0 Å². The van der Waals surface area contributed by atoms with Crippen molar-refractivity contribution in [3.05, 3.63) is 24.3 Å². The van der Waals surface area contributed by atoms with E-state index in [2.05, 4.69) is 17.0 Å². The Morgan fingerprint density at radius 1 is 1.35 bits per heavy atom. The molecule has 2 N–H and O–H groups in total. The largest absolute Gasteiger partial charge is 0.495 e. The molecular formula is C14H22N2O. The van der Waals surface area contributed by atoms with E-state index in [1.807, 2.05) is 12.1 Å². The third-order valence-electron chi connectivity index (χ3n) is 3.53. The predicted molar refractivity (Wildman–Crippen MR) is 71.6 cm³/mol. The zero-order valence-corrected chi connectivity index (χ0v) is 10.6. The van der Waals surface area contributed by atoms with E-state index >= 15 is 0 Å². The SMILES string of the molecule is COc1ccccc1N1CCCCC(CN)C1. The van der Waals surface area contributed by atoms with Gasteiger partial charge in [0.05, 0.1) is 12.8 Å². The molecular weight excluding hydrogens is 212 g/mol. The van der Waals surface area contributed by atoms with Crippen LogP contribution in [0, 0.1) is 5.92 Å². The van der Waals surface area contributed by atoms with Crippen molar-refractivity contribution < 1.29 is 4.74 Å². The number of para-hydroxylation sites is 2. The highest BCUT2D eigenvalue weighted by atomic mass is 16.5. The van der Waals surface area contributed by atoms with Gasteiger partial charge < -0.3 is 15.4 Å². The Morgan fingerprint density at radius 3 is 2.94 bits per heavy atom. The van der Waals surface area contributed by atoms with Gasteiger partial charge in [-0.25, -0.2) is 0 Å². The van der Waals surface area contributed by atoms with E-state index in [-0.39, 0.29) is 0 Å². The van der Waals surface area contributed by atoms with Gasteiger partial charge >= 0.3 is 0 Å². The van der Waals surface area contributed by atoms with Crippen LogP contribution in [0.5, 0.6) is 5.75 Å². The maximum atomic E-state index is 5.83. The molecule has 3 heteroatoms. The molecule has 94 valence electrons. The van der Waals surface area contributed by atoms with Crippen LogP contribution in [-0.4, -0.2) is 26.7 Å². The zero-order chi connectivity index (χ0) is 12.1. The normalized spacial score (nSPS) is 21.1. The lowest BCUT2D eigenvalue weighted by Crippen LogP contribution is -2.31. The number of benzene rings is 1. The minimum absolute atomic E-state index is 0.613. The summed E-state index contributed by atoms with van der Waals surface area (Å²) in [6.07, 6.45) is 3.78. The van der Waals surface area contributed by atoms with Gasteiger partial charge in [-0.15, -0.1) is 0 Å². The van der Waals surface area contributed by atoms with E-state index in [1.165, 1.54) is 24.9 Å². The van der Waals surface area contributed by atoms with Gasteiger partial charge in [-0.2, -0.15) is 0 Å². The minimum Gasteiger partial charge on any atom is -0.495 e. The van der Waals surface area contributed by atoms with Gasteiger partial charge in [0, 0.05) is 13.1 Å². The molecule has 1 atom stereocenters. The summed E-state index contributed by atoms with van der Waals surface area (Å²) < 4.78 is 5.44. The molecule has 1 aromatic carbocycles. The Labute approximate surface area is 104 Å². The van der Waals surface area contributed by atoms with Crippen LogP contribution >= 0.6 is 0 Å². The number of nitrogens with zero attached hydrogens (tertiary/aromatic N) is 1. The van der Waals surface area contributed by atoms with Crippen molar-refractivity contribution in [3.63, 3.8) is 0 Å². The maximum Gasteiger partial charge on any atom is 0.142 e. The summed E-state index contributed by atoms with van der Waals surface area (Å²) >= 11 is 0. The van der Waals surface area contributed by atoms with Crippen LogP contribution in [0.15, 0.2) is 24.3 Å². The third-order valence-corrected chi connectivity index (χ3v) is 3.53. The van der Waals surface area contributed by atoms with Crippen molar-refractivity contribution in [1.29, 1.82) is 0 Å². The van der Waals surface area contributed by atoms with E-state index in [0.29, 0.717) is 5.92 Å². The summed E-state index contributed by atoms with van der Waals surface area (Å²) in [5.41, 5.74) is 7.03. The van der Waals surface area contributed by atoms with E-state index in [1.54, 1.807) is 7.11 Å². The molecule has 0 spiro atoms. The highest BCUT2D eigenvalue weighted by Gasteiger charge is 2.19. The summed E-state index contributed by atoms with van der Waals surface area (Å²) in [5, 5.41) is 0. The smallest absolute Gasteiger partial charge is 0.142 e. The van der Waals surface area contributed by atoms with Gasteiger partial charge in [-0.05, 0) is 37.4 Å². The van der Waals surface area contributed by atoms with Gasteiger partial charge in [0.25, 0.3) is 0 Å². The molecule has 0 amide bonds. The van der Waals surface area contributed by atoms with Crippen molar-refractivity contribution in [2.45, 2.75) is 19.3 Å². The molecule has 1 aliphatic heterocycles. The van der Waals surface area contributed by atoms with Crippen LogP contribution < -0.4 is 15.4 Å². The Morgan fingerprint density at radius 2 is 2.18 bits per heavy atom. The first-order valence-corrected chi connectivity index (χ1v) is 6.43. The number of hydrogen-bond acceptors (Lipinski definition) is 3. The molecule has 17 heavy (non-hydrogen) atoms. The van der Waals surface area contributed by atoms with Crippen molar-refractivity contribution in [3.8, 4) is 5.75 Å². The van der Waals surface area contributed by atoms with Crippen LogP contribution in [0.2, 0.25) is 0 Å². The Kier molecular flexibility index (Phi) is 4.26. The summed E-state index contributed by atoms with van der Waals surface area (Å²) in [7, 11) is 1.73. The first-order chi connectivity index (χ1) is 8.35. The van der Waals surface area contributed by atoms with Crippen LogP contribution in [0.1, 0.15) is 19.3 Å². The molecule has 0 saturated carbocycles. The second kappa shape index (κ2) is 5.92. The molecule has 0 bridgehead atoms. The van der Waals surface area contributed by atoms with Gasteiger partial charge in [-0.3, -0.25) is 0 Å². The number of hydrogen-bond donors (Lipinski definition) is 1. The lowest BCUT2D eigenvalue weighted by Gasteiger charge is -2.27. The fraction of sp³-hybridized carbons (Fsp3) is 0.571. The molecule has 0 aliphatic carbocycles. The molecule has 1 aliphatic rings. The quantitative estimate of drug-likeness (QED) is 0.872. The number of nitrogens with two attached hydrogens (primary N) is 1. The molecule has 1 fully saturated rings. The zero-order valence-electron chi connectivity index (χ0n) is 10.6. The maximum absolute atomic E-state index is 5.83. The van der Waals surface area contributed by atoms with Crippen molar-refractivity contribution >= 4 is 5.69 Å². The summed E-state index contributed by atoms with van der Waals surface area (Å²) in [4.78, 5) is 2.42. The second-order valence-corrected chi connectivity index (χ2v) is 4.72. The van der Waals surface area contributed by atoms with Gasteiger partial charge in [0.1, 0.15) is 5.75 Å². The molecule has 2 rings (SSSR count). The summed E-state index contributed by atoms with van der Waals surface area (Å²) in [5.74, 6) is 1.58. The highest BCUT2D eigenvalue weighted by Crippen LogP contribution is 2.30. The summed E-state index contributed by atoms with van der Waals surface area (Å²) in [6.45, 7) is 2.94. The Balaban J connectivity index is 2.18. The molecule has 1 unspecified atom stereocenters. The van der Waals surface area contributed by atoms with Crippen LogP contribution in [-0.2, 0) is 0 Å². The fourth-order valence-electron chi connectivity index (χ4n) is 2.53. The second-order valence-electron chi connectivity index (χ2n) is 4.72. The molecule has 1 heterocycles. The van der Waals surface area contributed by atoms with Crippen LogP contribution in [0.4, 0.5) is 5.69 Å². The topological polar surface area (TPSA) is 38.5 Å². The number of anilines is 1. The molecule has 0 aromatic heterocycles. The van der Waals surface area contributed by atoms with E-state index in [4.69, 9.17) is 10.5 Å². The average molecular weight is 234 g/mol. The third kappa shape index (κ3) is 2.91. The minimum atomic E-state index is 0.613. The van der Waals surface area contributed by atoms with Gasteiger partial charge in [0.15, 0.2) is 0 Å². The predicted octanol–water partition coefficient (Wildman–Crippen LogP) is 2.26. The number of methoxy groups -OCH3 is 1. The lowest BCUT2D eigenvalue weighted by molar-refractivity contribution is 0.413. The molecule has 1 saturated heterocycles. The lowest BCUT2D eigenvalue weighted by atomic mass is 10.0. The number of ether oxygens (including phenoxy) is 1. The highest BCUT2D eigenvalue weighted by molar-refractivity contribution is 5.58. The first kappa shape index (κ1) is 12.2. The van der Waals surface area contributed by atoms with Crippen LogP contribution in [0.3, 0.4) is 0 Å². The van der Waals surface area contributed by atoms with Crippen molar-refractivity contribution in [1.82, 2.24) is 0 Å². The molecule has 3 nitrogen and oxygen atoms in total. The molecule has 1 aromatic rings. The fourth-order valence-corrected chi connectivity index (χ4v) is 2.53. The molecule has 0 radical (unpaired) electrons. The Hall–Kier alpha value is -1.22. The standard InChI is InChI=1S/C14H22N2O/c1-17-14-8-3-2-7-13(14)16-9-5-4-6-12(10-15)11-16/h2-3,7-8,12H,4-6,9-11,15H2,1H3. The van der Waals surface area contributed by atoms with Crippen LogP contribution in [0.25, 0.3) is 0 Å². The monoisotopic (exact) mass is 234 g/mol. The number of rotatable bonds is 3. The van der Waals surface area contributed by atoms with Gasteiger partial charge in [-0.1, -0.05) is 18.6 Å². The van der Waals surface area contributed by atoms with Gasteiger partial charge in [0.2, 0.25) is 0 Å². The van der Waals surface area contributed by atoms with Crippen molar-refractivity contribution in [2.24, 2.45) is 11.7 Å². The van der Waals surface area contributed by atoms with E-state index in [9.17, 15) is 0 Å². The van der Waals surface area contributed by atoms with E-state index in [0.717, 1.165) is 25.4 Å².